The third-order valence-electron chi connectivity index (χ3n) is 2.17. The highest BCUT2D eigenvalue weighted by atomic mass is 19.3. The van der Waals surface area contributed by atoms with Crippen LogP contribution in [0, 0.1) is 0 Å². The second-order valence-electron chi connectivity index (χ2n) is 3.44. The molecule has 88 valence electrons. The van der Waals surface area contributed by atoms with E-state index in [2.05, 4.69) is 4.74 Å². The molecule has 1 atom stereocenters. The molecule has 0 aromatic rings. The largest absolute Gasteiger partial charge is 0.501 e. The monoisotopic (exact) mass is 222 g/mol. The van der Waals surface area contributed by atoms with Crippen molar-refractivity contribution < 1.29 is 23.4 Å². The molecule has 1 aliphatic heterocycles. The summed E-state index contributed by atoms with van der Waals surface area (Å²) in [4.78, 5) is 0. The van der Waals surface area contributed by atoms with Crippen molar-refractivity contribution in [2.75, 3.05) is 19.8 Å². The van der Waals surface area contributed by atoms with Crippen LogP contribution in [-0.4, -0.2) is 37.5 Å². The zero-order chi connectivity index (χ0) is 11.1. The zero-order valence-electron chi connectivity index (χ0n) is 8.49. The molecule has 0 aromatic heterocycles. The summed E-state index contributed by atoms with van der Waals surface area (Å²) in [6, 6.07) is 0. The van der Waals surface area contributed by atoms with Crippen molar-refractivity contribution in [2.24, 2.45) is 0 Å². The van der Waals surface area contributed by atoms with Crippen molar-refractivity contribution in [1.82, 2.24) is 0 Å². The lowest BCUT2D eigenvalue weighted by Gasteiger charge is -2.18. The van der Waals surface area contributed by atoms with Gasteiger partial charge in [-0.1, -0.05) is 0 Å². The van der Waals surface area contributed by atoms with Gasteiger partial charge in [0.2, 0.25) is 0 Å². The van der Waals surface area contributed by atoms with Crippen molar-refractivity contribution in [3.05, 3.63) is 11.8 Å². The van der Waals surface area contributed by atoms with Crippen molar-refractivity contribution in [3.63, 3.8) is 0 Å². The second-order valence-corrected chi connectivity index (χ2v) is 3.44. The number of hydrogen-bond donors (Lipinski definition) is 1. The van der Waals surface area contributed by atoms with Crippen LogP contribution >= 0.6 is 0 Å². The molecule has 0 bridgehead atoms. The average Bonchev–Trinajstić information content (AvgIpc) is 2.25. The zero-order valence-corrected chi connectivity index (χ0v) is 8.49. The predicted molar refractivity (Wildman–Crippen MR) is 50.7 cm³/mol. The van der Waals surface area contributed by atoms with Gasteiger partial charge in [0.15, 0.2) is 0 Å². The Bertz CT molecular complexity index is 207. The Morgan fingerprint density at radius 2 is 2.33 bits per heavy atom. The first-order valence-corrected chi connectivity index (χ1v) is 5.04. The van der Waals surface area contributed by atoms with Crippen LogP contribution in [0.1, 0.15) is 19.3 Å². The van der Waals surface area contributed by atoms with Crippen LogP contribution in [0.2, 0.25) is 0 Å². The van der Waals surface area contributed by atoms with Crippen molar-refractivity contribution in [2.45, 2.75) is 31.8 Å². The molecule has 15 heavy (non-hydrogen) atoms. The maximum Gasteiger partial charge on any atom is 0.261 e. The van der Waals surface area contributed by atoms with E-state index in [1.807, 2.05) is 0 Å². The molecule has 0 radical (unpaired) electrons. The molecule has 0 aromatic carbocycles. The van der Waals surface area contributed by atoms with E-state index in [4.69, 9.17) is 4.74 Å². The minimum atomic E-state index is -2.45. The fourth-order valence-electron chi connectivity index (χ4n) is 1.38. The molecule has 0 amide bonds. The summed E-state index contributed by atoms with van der Waals surface area (Å²) in [5, 5.41) is 9.62. The van der Waals surface area contributed by atoms with Gasteiger partial charge in [-0.2, -0.15) is 0 Å². The minimum absolute atomic E-state index is 0.142. The van der Waals surface area contributed by atoms with Crippen LogP contribution < -0.4 is 0 Å². The van der Waals surface area contributed by atoms with E-state index in [0.29, 0.717) is 13.0 Å². The quantitative estimate of drug-likeness (QED) is 0.695. The van der Waals surface area contributed by atoms with Gasteiger partial charge in [-0.05, 0) is 18.4 Å². The molecule has 0 saturated carbocycles. The van der Waals surface area contributed by atoms with E-state index in [-0.39, 0.29) is 6.61 Å². The topological polar surface area (TPSA) is 38.7 Å². The SMILES string of the molecule is OC(CCOCC(F)F)C1=COCCC1. The Morgan fingerprint density at radius 3 is 2.93 bits per heavy atom. The first-order chi connectivity index (χ1) is 7.20. The molecule has 0 fully saturated rings. The average molecular weight is 222 g/mol. The van der Waals surface area contributed by atoms with Crippen LogP contribution in [0.5, 0.6) is 0 Å². The molecule has 0 saturated heterocycles. The molecule has 0 aliphatic carbocycles. The third-order valence-corrected chi connectivity index (χ3v) is 2.17. The van der Waals surface area contributed by atoms with Gasteiger partial charge in [-0.25, -0.2) is 8.78 Å². The minimum Gasteiger partial charge on any atom is -0.501 e. The fourth-order valence-corrected chi connectivity index (χ4v) is 1.38. The van der Waals surface area contributed by atoms with Crippen LogP contribution in [0.4, 0.5) is 8.78 Å². The Hall–Kier alpha value is -0.680. The van der Waals surface area contributed by atoms with Crippen molar-refractivity contribution in [3.8, 4) is 0 Å². The van der Waals surface area contributed by atoms with E-state index >= 15 is 0 Å². The van der Waals surface area contributed by atoms with Gasteiger partial charge in [0, 0.05) is 13.0 Å². The molecule has 0 spiro atoms. The highest BCUT2D eigenvalue weighted by Crippen LogP contribution is 2.17. The summed E-state index contributed by atoms with van der Waals surface area (Å²) in [5.41, 5.74) is 0.821. The van der Waals surface area contributed by atoms with Gasteiger partial charge in [0.25, 0.3) is 6.43 Å². The van der Waals surface area contributed by atoms with E-state index in [0.717, 1.165) is 18.4 Å². The highest BCUT2D eigenvalue weighted by Gasteiger charge is 2.14. The molecular formula is C10H16F2O3. The molecular weight excluding hydrogens is 206 g/mol. The Kier molecular flexibility index (Phi) is 5.57. The third kappa shape index (κ3) is 5.09. The van der Waals surface area contributed by atoms with Crippen LogP contribution in [0.25, 0.3) is 0 Å². The molecule has 3 nitrogen and oxygen atoms in total. The molecule has 1 rings (SSSR count). The van der Waals surface area contributed by atoms with Gasteiger partial charge in [0.1, 0.15) is 6.61 Å². The molecule has 1 heterocycles. The summed E-state index contributed by atoms with van der Waals surface area (Å²) < 4.78 is 33.1. The van der Waals surface area contributed by atoms with Gasteiger partial charge in [0.05, 0.1) is 19.0 Å². The molecule has 1 aliphatic rings. The maximum atomic E-state index is 11.7. The summed E-state index contributed by atoms with van der Waals surface area (Å²) in [6.45, 7) is 0.253. The smallest absolute Gasteiger partial charge is 0.261 e. The fraction of sp³-hybridized carbons (Fsp3) is 0.800. The van der Waals surface area contributed by atoms with Crippen LogP contribution in [0.3, 0.4) is 0 Å². The first kappa shape index (κ1) is 12.4. The number of halogens is 2. The van der Waals surface area contributed by atoms with Crippen LogP contribution in [0.15, 0.2) is 11.8 Å². The molecule has 5 heteroatoms. The number of alkyl halides is 2. The van der Waals surface area contributed by atoms with E-state index < -0.39 is 19.1 Å². The molecule has 1 N–H and O–H groups in total. The number of aliphatic hydroxyl groups is 1. The lowest BCUT2D eigenvalue weighted by Crippen LogP contribution is -2.17. The Morgan fingerprint density at radius 1 is 1.53 bits per heavy atom. The van der Waals surface area contributed by atoms with E-state index in [9.17, 15) is 13.9 Å². The second kappa shape index (κ2) is 6.74. The summed E-state index contributed by atoms with van der Waals surface area (Å²) in [5.74, 6) is 0. The lowest BCUT2D eigenvalue weighted by atomic mass is 10.0. The Labute approximate surface area is 87.7 Å². The normalized spacial score (nSPS) is 18.5. The summed E-state index contributed by atoms with van der Waals surface area (Å²) in [7, 11) is 0. The van der Waals surface area contributed by atoms with Crippen molar-refractivity contribution in [1.29, 1.82) is 0 Å². The van der Waals surface area contributed by atoms with Gasteiger partial charge >= 0.3 is 0 Å². The number of hydrogen-bond acceptors (Lipinski definition) is 3. The summed E-state index contributed by atoms with van der Waals surface area (Å²) in [6.07, 6.45) is 0.502. The van der Waals surface area contributed by atoms with Gasteiger partial charge < -0.3 is 14.6 Å². The predicted octanol–water partition coefficient (Wildman–Crippen LogP) is 1.71. The Balaban J connectivity index is 2.12. The lowest BCUT2D eigenvalue weighted by molar-refractivity contribution is 0.00728. The van der Waals surface area contributed by atoms with Crippen LogP contribution in [-0.2, 0) is 9.47 Å². The highest BCUT2D eigenvalue weighted by molar-refractivity contribution is 5.06. The standard InChI is InChI=1S/C10H16F2O3/c11-10(12)7-15-5-3-9(13)8-2-1-4-14-6-8/h6,9-10,13H,1-5,7H2. The maximum absolute atomic E-state index is 11.7. The van der Waals surface area contributed by atoms with E-state index in [1.54, 1.807) is 6.26 Å². The number of rotatable bonds is 6. The van der Waals surface area contributed by atoms with Gasteiger partial charge in [-0.15, -0.1) is 0 Å². The van der Waals surface area contributed by atoms with Gasteiger partial charge in [-0.3, -0.25) is 0 Å². The first-order valence-electron chi connectivity index (χ1n) is 5.04. The number of aliphatic hydroxyl groups excluding tert-OH is 1. The number of ether oxygens (including phenoxy) is 2. The van der Waals surface area contributed by atoms with E-state index in [1.165, 1.54) is 0 Å². The summed E-state index contributed by atoms with van der Waals surface area (Å²) >= 11 is 0. The molecule has 1 unspecified atom stereocenters. The van der Waals surface area contributed by atoms with Crippen molar-refractivity contribution >= 4 is 0 Å².